The number of carbonyl (C=O) groups excluding carboxylic acids is 2. The van der Waals surface area contributed by atoms with Crippen molar-refractivity contribution in [3.8, 4) is 0 Å². The van der Waals surface area contributed by atoms with Gasteiger partial charge in [0.15, 0.2) is 0 Å². The summed E-state index contributed by atoms with van der Waals surface area (Å²) in [6.07, 6.45) is 5.19. The first-order valence-electron chi connectivity index (χ1n) is 8.17. The summed E-state index contributed by atoms with van der Waals surface area (Å²) in [6.45, 7) is 5.81. The van der Waals surface area contributed by atoms with Crippen molar-refractivity contribution in [1.29, 1.82) is 0 Å². The summed E-state index contributed by atoms with van der Waals surface area (Å²) in [5.74, 6) is 0.0120. The molecule has 0 aromatic carbocycles. The van der Waals surface area contributed by atoms with Gasteiger partial charge in [0.2, 0.25) is 5.91 Å². The molecule has 2 bridgehead atoms. The van der Waals surface area contributed by atoms with Crippen molar-refractivity contribution >= 4 is 11.9 Å². The smallest absolute Gasteiger partial charge is 0.310 e. The van der Waals surface area contributed by atoms with Crippen LogP contribution in [0.3, 0.4) is 0 Å². The van der Waals surface area contributed by atoms with E-state index in [4.69, 9.17) is 4.74 Å². The molecule has 21 heavy (non-hydrogen) atoms. The van der Waals surface area contributed by atoms with E-state index < -0.39 is 0 Å². The lowest BCUT2D eigenvalue weighted by Crippen LogP contribution is -2.40. The summed E-state index contributed by atoms with van der Waals surface area (Å²) < 4.78 is 5.13. The van der Waals surface area contributed by atoms with Crippen molar-refractivity contribution in [2.24, 2.45) is 11.8 Å². The Morgan fingerprint density at radius 2 is 1.81 bits per heavy atom. The Morgan fingerprint density at radius 1 is 1.19 bits per heavy atom. The van der Waals surface area contributed by atoms with Gasteiger partial charge in [-0.3, -0.25) is 9.59 Å². The molecule has 0 aromatic rings. The van der Waals surface area contributed by atoms with Crippen LogP contribution in [0.4, 0.5) is 0 Å². The highest BCUT2D eigenvalue weighted by Crippen LogP contribution is 2.32. The number of amides is 1. The van der Waals surface area contributed by atoms with Crippen LogP contribution < -0.4 is 10.6 Å². The van der Waals surface area contributed by atoms with Crippen LogP contribution in [0.25, 0.3) is 0 Å². The molecule has 0 aromatic heterocycles. The van der Waals surface area contributed by atoms with Gasteiger partial charge in [0.25, 0.3) is 0 Å². The minimum absolute atomic E-state index is 0.0606. The zero-order valence-electron chi connectivity index (χ0n) is 13.4. The third-order valence-electron chi connectivity index (χ3n) is 4.40. The fourth-order valence-electron chi connectivity index (χ4n) is 3.37. The van der Waals surface area contributed by atoms with Gasteiger partial charge in [-0.2, -0.15) is 0 Å². The molecule has 1 amide bonds. The topological polar surface area (TPSA) is 67.4 Å². The van der Waals surface area contributed by atoms with E-state index in [1.54, 1.807) is 6.92 Å². The number of rotatable bonds is 6. The number of piperidine rings is 1. The van der Waals surface area contributed by atoms with E-state index in [1.807, 2.05) is 13.8 Å². The Kier molecular flexibility index (Phi) is 5.62. The fourth-order valence-corrected chi connectivity index (χ4v) is 3.37. The lowest BCUT2D eigenvalue weighted by molar-refractivity contribution is -0.151. The zero-order chi connectivity index (χ0) is 15.4. The van der Waals surface area contributed by atoms with E-state index >= 15 is 0 Å². The van der Waals surface area contributed by atoms with Crippen LogP contribution in [0.5, 0.6) is 0 Å². The van der Waals surface area contributed by atoms with Gasteiger partial charge in [-0.05, 0) is 45.4 Å². The van der Waals surface area contributed by atoms with E-state index in [2.05, 4.69) is 10.6 Å². The number of fused-ring (bicyclic) bond motifs is 2. The molecule has 5 heteroatoms. The largest absolute Gasteiger partial charge is 0.463 e. The van der Waals surface area contributed by atoms with Crippen molar-refractivity contribution in [3.63, 3.8) is 0 Å². The Hall–Kier alpha value is -1.10. The lowest BCUT2D eigenvalue weighted by atomic mass is 9.89. The first-order chi connectivity index (χ1) is 9.94. The van der Waals surface area contributed by atoms with Gasteiger partial charge in [0, 0.05) is 25.0 Å². The Labute approximate surface area is 127 Å². The molecule has 0 spiro atoms. The summed E-state index contributed by atoms with van der Waals surface area (Å²) in [4.78, 5) is 23.7. The van der Waals surface area contributed by atoms with E-state index in [-0.39, 0.29) is 23.9 Å². The van der Waals surface area contributed by atoms with E-state index in [9.17, 15) is 9.59 Å². The van der Waals surface area contributed by atoms with Crippen molar-refractivity contribution in [2.75, 3.05) is 6.54 Å². The molecule has 0 radical (unpaired) electrons. The van der Waals surface area contributed by atoms with Crippen LogP contribution in [0.15, 0.2) is 0 Å². The van der Waals surface area contributed by atoms with Gasteiger partial charge < -0.3 is 15.4 Å². The van der Waals surface area contributed by atoms with Crippen molar-refractivity contribution in [2.45, 2.75) is 71.1 Å². The Balaban J connectivity index is 1.66. The molecule has 2 rings (SSSR count). The second-order valence-electron chi connectivity index (χ2n) is 6.87. The maximum absolute atomic E-state index is 12.0. The van der Waals surface area contributed by atoms with Gasteiger partial charge in [-0.15, -0.1) is 0 Å². The highest BCUT2D eigenvalue weighted by Gasteiger charge is 2.34. The minimum atomic E-state index is -0.291. The highest BCUT2D eigenvalue weighted by atomic mass is 16.5. The monoisotopic (exact) mass is 296 g/mol. The second-order valence-corrected chi connectivity index (χ2v) is 6.87. The van der Waals surface area contributed by atoms with E-state index in [1.165, 1.54) is 12.8 Å². The molecule has 2 fully saturated rings. The van der Waals surface area contributed by atoms with E-state index in [0.29, 0.717) is 31.0 Å². The van der Waals surface area contributed by atoms with Crippen LogP contribution in [0, 0.1) is 11.8 Å². The van der Waals surface area contributed by atoms with E-state index in [0.717, 1.165) is 12.8 Å². The Bertz CT molecular complexity index is 372. The number of esters is 1. The highest BCUT2D eigenvalue weighted by molar-refractivity contribution is 5.78. The molecule has 2 N–H and O–H groups in total. The average Bonchev–Trinajstić information content (AvgIpc) is 2.74. The SMILES string of the molecule is CC(C)OC(=O)C(C)CNC(=O)CC1CC2CCC(C1)N2. The summed E-state index contributed by atoms with van der Waals surface area (Å²) >= 11 is 0. The molecular weight excluding hydrogens is 268 g/mol. The van der Waals surface area contributed by atoms with Crippen LogP contribution in [-0.4, -0.2) is 36.6 Å². The number of carbonyl (C=O) groups is 2. The number of hydrogen-bond acceptors (Lipinski definition) is 4. The molecule has 3 atom stereocenters. The molecule has 0 aliphatic carbocycles. The molecule has 3 unspecified atom stereocenters. The van der Waals surface area contributed by atoms with Gasteiger partial charge >= 0.3 is 5.97 Å². The van der Waals surface area contributed by atoms with Crippen LogP contribution >= 0.6 is 0 Å². The molecule has 120 valence electrons. The standard InChI is InChI=1S/C16H28N2O3/c1-10(2)21-16(20)11(3)9-17-15(19)8-12-6-13-4-5-14(7-12)18-13/h10-14,18H,4-9H2,1-3H3,(H,17,19). The summed E-state index contributed by atoms with van der Waals surface area (Å²) in [6, 6.07) is 1.22. The average molecular weight is 296 g/mol. The molecule has 2 heterocycles. The Morgan fingerprint density at radius 3 is 2.38 bits per heavy atom. The van der Waals surface area contributed by atoms with Crippen LogP contribution in [0.1, 0.15) is 52.9 Å². The van der Waals surface area contributed by atoms with Crippen molar-refractivity contribution < 1.29 is 14.3 Å². The van der Waals surface area contributed by atoms with Crippen molar-refractivity contribution in [1.82, 2.24) is 10.6 Å². The summed E-state index contributed by atoms with van der Waals surface area (Å²) in [5.41, 5.74) is 0. The molecule has 5 nitrogen and oxygen atoms in total. The predicted molar refractivity (Wildman–Crippen MR) is 80.7 cm³/mol. The first kappa shape index (κ1) is 16.3. The predicted octanol–water partition coefficient (Wildman–Crippen LogP) is 1.61. The number of nitrogens with one attached hydrogen (secondary N) is 2. The van der Waals surface area contributed by atoms with Gasteiger partial charge in [-0.25, -0.2) is 0 Å². The van der Waals surface area contributed by atoms with Gasteiger partial charge in [0.05, 0.1) is 12.0 Å². The molecule has 2 saturated heterocycles. The number of hydrogen-bond donors (Lipinski definition) is 2. The molecule has 2 aliphatic heterocycles. The summed E-state index contributed by atoms with van der Waals surface area (Å²) in [7, 11) is 0. The maximum Gasteiger partial charge on any atom is 0.310 e. The van der Waals surface area contributed by atoms with Crippen LogP contribution in [-0.2, 0) is 14.3 Å². The third-order valence-corrected chi connectivity index (χ3v) is 4.40. The first-order valence-corrected chi connectivity index (χ1v) is 8.17. The maximum atomic E-state index is 12.0. The zero-order valence-corrected chi connectivity index (χ0v) is 13.4. The van der Waals surface area contributed by atoms with Gasteiger partial charge in [-0.1, -0.05) is 6.92 Å². The second kappa shape index (κ2) is 7.25. The van der Waals surface area contributed by atoms with Gasteiger partial charge in [0.1, 0.15) is 0 Å². The lowest BCUT2D eigenvalue weighted by Gasteiger charge is -2.28. The summed E-state index contributed by atoms with van der Waals surface area (Å²) in [5, 5.41) is 6.46. The van der Waals surface area contributed by atoms with Crippen LogP contribution in [0.2, 0.25) is 0 Å². The quantitative estimate of drug-likeness (QED) is 0.731. The third kappa shape index (κ3) is 4.99. The number of ether oxygens (including phenoxy) is 1. The fraction of sp³-hybridized carbons (Fsp3) is 0.875. The van der Waals surface area contributed by atoms with Crippen molar-refractivity contribution in [3.05, 3.63) is 0 Å². The normalized spacial score (nSPS) is 29.2. The minimum Gasteiger partial charge on any atom is -0.463 e. The molecular formula is C16H28N2O3. The molecule has 0 saturated carbocycles. The molecule has 2 aliphatic rings.